The van der Waals surface area contributed by atoms with E-state index in [1.54, 1.807) is 0 Å². The van der Waals surface area contributed by atoms with Gasteiger partial charge in [-0.05, 0) is 29.3 Å². The number of carbonyl (C=O) groups is 2. The first kappa shape index (κ1) is 16.2. The molecular weight excluding hydrogens is 326 g/mol. The average molecular weight is 341 g/mol. The van der Waals surface area contributed by atoms with Crippen molar-refractivity contribution in [3.63, 3.8) is 0 Å². The maximum Gasteiger partial charge on any atom is 0.305 e. The summed E-state index contributed by atoms with van der Waals surface area (Å²) in [7, 11) is 0. The topological polar surface area (TPSA) is 91.1 Å². The molecule has 2 aromatic carbocycles. The number of amides is 1. The predicted octanol–water partition coefficient (Wildman–Crippen LogP) is 2.63. The summed E-state index contributed by atoms with van der Waals surface area (Å²) in [6, 6.07) is 14.1. The van der Waals surface area contributed by atoms with Gasteiger partial charge in [-0.2, -0.15) is 5.10 Å². The molecule has 1 aliphatic heterocycles. The Kier molecular flexibility index (Phi) is 4.61. The van der Waals surface area contributed by atoms with Crippen LogP contribution in [0.2, 0.25) is 0 Å². The van der Waals surface area contributed by atoms with E-state index in [-0.39, 0.29) is 12.3 Å². The standard InChI is InChI=1S/C17H15N3O3S/c1-10(12-7-6-11-4-2-3-5-13(11)8-12)19-20-17-18-16(23)14(24-17)9-15(21)22/h2-8,14H,9H2,1H3,(H,21,22)(H,18,20,23)/t14-/m1/s1. The number of carboxylic acids is 1. The molecule has 0 radical (unpaired) electrons. The second kappa shape index (κ2) is 6.84. The van der Waals surface area contributed by atoms with Gasteiger partial charge in [0.2, 0.25) is 5.91 Å². The van der Waals surface area contributed by atoms with Crippen molar-refractivity contribution in [2.75, 3.05) is 0 Å². The van der Waals surface area contributed by atoms with Crippen molar-refractivity contribution in [2.24, 2.45) is 10.2 Å². The van der Waals surface area contributed by atoms with Crippen LogP contribution < -0.4 is 5.32 Å². The van der Waals surface area contributed by atoms with Gasteiger partial charge in [0, 0.05) is 0 Å². The third-order valence-corrected chi connectivity index (χ3v) is 4.67. The normalized spacial score (nSPS) is 19.7. The van der Waals surface area contributed by atoms with E-state index in [4.69, 9.17) is 5.11 Å². The minimum Gasteiger partial charge on any atom is -0.481 e. The Labute approximate surface area is 142 Å². The number of carboxylic acid groups (broad SMARTS) is 1. The van der Waals surface area contributed by atoms with Crippen LogP contribution in [0.1, 0.15) is 18.9 Å². The number of benzene rings is 2. The number of nitrogens with zero attached hydrogens (tertiary/aromatic N) is 2. The van der Waals surface area contributed by atoms with Gasteiger partial charge in [-0.3, -0.25) is 9.59 Å². The molecule has 1 fully saturated rings. The number of rotatable bonds is 4. The molecule has 1 amide bonds. The van der Waals surface area contributed by atoms with Gasteiger partial charge in [0.05, 0.1) is 12.1 Å². The number of amidine groups is 1. The van der Waals surface area contributed by atoms with Gasteiger partial charge >= 0.3 is 5.97 Å². The summed E-state index contributed by atoms with van der Waals surface area (Å²) in [5.74, 6) is -1.36. The Balaban J connectivity index is 1.78. The Morgan fingerprint density at radius 2 is 2.00 bits per heavy atom. The average Bonchev–Trinajstić information content (AvgIpc) is 2.91. The molecule has 7 heteroatoms. The Bertz CT molecular complexity index is 876. The van der Waals surface area contributed by atoms with E-state index in [9.17, 15) is 9.59 Å². The van der Waals surface area contributed by atoms with Crippen molar-refractivity contribution in [1.29, 1.82) is 0 Å². The van der Waals surface area contributed by atoms with Crippen LogP contribution in [0.25, 0.3) is 10.8 Å². The fraction of sp³-hybridized carbons (Fsp3) is 0.176. The molecule has 24 heavy (non-hydrogen) atoms. The molecule has 0 spiro atoms. The molecule has 1 atom stereocenters. The lowest BCUT2D eigenvalue weighted by molar-refractivity contribution is -0.138. The third kappa shape index (κ3) is 3.62. The number of carbonyl (C=O) groups excluding carboxylic acids is 1. The minimum atomic E-state index is -1.01. The monoisotopic (exact) mass is 341 g/mol. The Morgan fingerprint density at radius 1 is 1.25 bits per heavy atom. The molecule has 0 aliphatic carbocycles. The largest absolute Gasteiger partial charge is 0.481 e. The van der Waals surface area contributed by atoms with Gasteiger partial charge < -0.3 is 10.4 Å². The summed E-state index contributed by atoms with van der Waals surface area (Å²) in [5.41, 5.74) is 1.65. The van der Waals surface area contributed by atoms with E-state index >= 15 is 0 Å². The molecule has 0 saturated carbocycles. The van der Waals surface area contributed by atoms with E-state index in [1.165, 1.54) is 0 Å². The molecular formula is C17H15N3O3S. The van der Waals surface area contributed by atoms with Crippen LogP contribution in [-0.4, -0.2) is 33.1 Å². The molecule has 1 aliphatic rings. The number of hydrogen-bond acceptors (Lipinski definition) is 5. The summed E-state index contributed by atoms with van der Waals surface area (Å²) >= 11 is 1.09. The molecule has 2 aromatic rings. The van der Waals surface area contributed by atoms with Crippen LogP contribution in [0, 0.1) is 0 Å². The lowest BCUT2D eigenvalue weighted by atomic mass is 10.0. The van der Waals surface area contributed by atoms with Crippen molar-refractivity contribution in [3.05, 3.63) is 48.0 Å². The quantitative estimate of drug-likeness (QED) is 0.660. The highest BCUT2D eigenvalue weighted by Gasteiger charge is 2.32. The summed E-state index contributed by atoms with van der Waals surface area (Å²) in [6.45, 7) is 1.84. The Morgan fingerprint density at radius 3 is 2.75 bits per heavy atom. The highest BCUT2D eigenvalue weighted by molar-refractivity contribution is 8.15. The van der Waals surface area contributed by atoms with Gasteiger partial charge in [0.25, 0.3) is 0 Å². The van der Waals surface area contributed by atoms with Crippen molar-refractivity contribution in [2.45, 2.75) is 18.6 Å². The SMILES string of the molecule is CC(=NN=C1NC(=O)[C@@H](CC(=O)O)S1)c1ccc2ccccc2c1. The lowest BCUT2D eigenvalue weighted by Crippen LogP contribution is -2.26. The van der Waals surface area contributed by atoms with Crippen LogP contribution in [0.4, 0.5) is 0 Å². The van der Waals surface area contributed by atoms with Gasteiger partial charge in [-0.15, -0.1) is 5.10 Å². The predicted molar refractivity (Wildman–Crippen MR) is 95.4 cm³/mol. The second-order valence-electron chi connectivity index (χ2n) is 5.35. The van der Waals surface area contributed by atoms with E-state index in [2.05, 4.69) is 15.5 Å². The highest BCUT2D eigenvalue weighted by Crippen LogP contribution is 2.22. The Hall–Kier alpha value is -2.67. The summed E-state index contributed by atoms with van der Waals surface area (Å²) in [4.78, 5) is 22.4. The molecule has 1 saturated heterocycles. The van der Waals surface area contributed by atoms with Crippen LogP contribution >= 0.6 is 11.8 Å². The van der Waals surface area contributed by atoms with Crippen molar-refractivity contribution >= 4 is 45.3 Å². The summed E-state index contributed by atoms with van der Waals surface area (Å²) < 4.78 is 0. The fourth-order valence-electron chi connectivity index (χ4n) is 2.34. The van der Waals surface area contributed by atoms with Gasteiger partial charge in [-0.25, -0.2) is 0 Å². The van der Waals surface area contributed by atoms with E-state index < -0.39 is 11.2 Å². The van der Waals surface area contributed by atoms with Gasteiger partial charge in [0.15, 0.2) is 5.17 Å². The number of hydrogen-bond donors (Lipinski definition) is 2. The first-order chi connectivity index (χ1) is 11.5. The number of thioether (sulfide) groups is 1. The maximum atomic E-state index is 11.7. The molecule has 0 aromatic heterocycles. The first-order valence-electron chi connectivity index (χ1n) is 7.33. The number of fused-ring (bicyclic) bond motifs is 1. The summed E-state index contributed by atoms with van der Waals surface area (Å²) in [5, 5.41) is 21.4. The zero-order valence-corrected chi connectivity index (χ0v) is 13.7. The molecule has 6 nitrogen and oxygen atoms in total. The number of nitrogens with one attached hydrogen (secondary N) is 1. The maximum absolute atomic E-state index is 11.7. The molecule has 122 valence electrons. The number of aliphatic carboxylic acids is 1. The van der Waals surface area contributed by atoms with Gasteiger partial charge in [-0.1, -0.05) is 48.2 Å². The third-order valence-electron chi connectivity index (χ3n) is 3.59. The van der Waals surface area contributed by atoms with Crippen molar-refractivity contribution < 1.29 is 14.7 Å². The minimum absolute atomic E-state index is 0.233. The van der Waals surface area contributed by atoms with Crippen LogP contribution in [0.5, 0.6) is 0 Å². The van der Waals surface area contributed by atoms with Crippen LogP contribution in [0.15, 0.2) is 52.7 Å². The summed E-state index contributed by atoms with van der Waals surface area (Å²) in [6.07, 6.45) is -0.233. The molecule has 0 unspecified atom stereocenters. The van der Waals surface area contributed by atoms with E-state index in [0.29, 0.717) is 10.9 Å². The second-order valence-corrected chi connectivity index (χ2v) is 6.54. The highest BCUT2D eigenvalue weighted by atomic mass is 32.2. The smallest absolute Gasteiger partial charge is 0.305 e. The van der Waals surface area contributed by atoms with Crippen molar-refractivity contribution in [3.8, 4) is 0 Å². The van der Waals surface area contributed by atoms with Crippen LogP contribution in [-0.2, 0) is 9.59 Å². The van der Waals surface area contributed by atoms with Crippen molar-refractivity contribution in [1.82, 2.24) is 5.32 Å². The zero-order chi connectivity index (χ0) is 17.1. The first-order valence-corrected chi connectivity index (χ1v) is 8.21. The van der Waals surface area contributed by atoms with E-state index in [0.717, 1.165) is 28.1 Å². The molecule has 0 bridgehead atoms. The molecule has 2 N–H and O–H groups in total. The van der Waals surface area contributed by atoms with E-state index in [1.807, 2.05) is 49.4 Å². The molecule has 1 heterocycles. The molecule has 3 rings (SSSR count). The fourth-order valence-corrected chi connectivity index (χ4v) is 3.25. The van der Waals surface area contributed by atoms with Crippen LogP contribution in [0.3, 0.4) is 0 Å². The lowest BCUT2D eigenvalue weighted by Gasteiger charge is -2.02. The van der Waals surface area contributed by atoms with Gasteiger partial charge in [0.1, 0.15) is 5.25 Å². The zero-order valence-electron chi connectivity index (χ0n) is 12.9.